The molecular formula is C15H22O. The van der Waals surface area contributed by atoms with Crippen molar-refractivity contribution in [3.8, 4) is 5.75 Å². The smallest absolute Gasteiger partial charge is 0.119 e. The van der Waals surface area contributed by atoms with Gasteiger partial charge < -0.3 is 4.74 Å². The summed E-state index contributed by atoms with van der Waals surface area (Å²) in [5.74, 6) is 1.05. The van der Waals surface area contributed by atoms with Crippen LogP contribution >= 0.6 is 0 Å². The molecule has 1 nitrogen and oxygen atoms in total. The molecule has 0 atom stereocenters. The third-order valence-electron chi connectivity index (χ3n) is 2.99. The maximum absolute atomic E-state index is 5.91. The van der Waals surface area contributed by atoms with Gasteiger partial charge in [-0.15, -0.1) is 0 Å². The van der Waals surface area contributed by atoms with Gasteiger partial charge in [0.1, 0.15) is 5.75 Å². The fourth-order valence-electron chi connectivity index (χ4n) is 2.02. The molecule has 1 heteroatoms. The van der Waals surface area contributed by atoms with Gasteiger partial charge in [0.25, 0.3) is 0 Å². The van der Waals surface area contributed by atoms with Crippen LogP contribution in [0.25, 0.3) is 0 Å². The van der Waals surface area contributed by atoms with E-state index < -0.39 is 0 Å². The zero-order valence-corrected chi connectivity index (χ0v) is 10.6. The Morgan fingerprint density at radius 2 is 2.00 bits per heavy atom. The molecule has 0 spiro atoms. The van der Waals surface area contributed by atoms with E-state index in [9.17, 15) is 0 Å². The Bertz CT molecular complexity index is 345. The summed E-state index contributed by atoms with van der Waals surface area (Å²) in [7, 11) is 0. The minimum absolute atomic E-state index is 0.342. The Hall–Kier alpha value is -0.980. The maximum atomic E-state index is 5.91. The van der Waals surface area contributed by atoms with Crippen LogP contribution in [0.2, 0.25) is 0 Å². The highest BCUT2D eigenvalue weighted by Gasteiger charge is 2.19. The lowest BCUT2D eigenvalue weighted by Gasteiger charge is -2.27. The van der Waals surface area contributed by atoms with Crippen molar-refractivity contribution < 1.29 is 4.74 Å². The molecular weight excluding hydrogens is 196 g/mol. The first kappa shape index (κ1) is 11.5. The molecule has 1 aliphatic carbocycles. The average molecular weight is 218 g/mol. The van der Waals surface area contributed by atoms with E-state index in [1.165, 1.54) is 24.8 Å². The summed E-state index contributed by atoms with van der Waals surface area (Å²) in [5.41, 5.74) is 1.72. The van der Waals surface area contributed by atoms with Gasteiger partial charge in [-0.2, -0.15) is 0 Å². The van der Waals surface area contributed by atoms with Gasteiger partial charge in [0, 0.05) is 0 Å². The first-order valence-electron chi connectivity index (χ1n) is 6.28. The highest BCUT2D eigenvalue weighted by atomic mass is 16.5. The van der Waals surface area contributed by atoms with Crippen LogP contribution in [-0.2, 0) is 6.42 Å². The lowest BCUT2D eigenvalue weighted by atomic mass is 9.88. The van der Waals surface area contributed by atoms with Crippen molar-refractivity contribution in [2.45, 2.75) is 52.6 Å². The highest BCUT2D eigenvalue weighted by molar-refractivity contribution is 5.29. The van der Waals surface area contributed by atoms with E-state index in [2.05, 4.69) is 45.0 Å². The predicted octanol–water partition coefficient (Wildman–Crippen LogP) is 4.21. The second-order valence-corrected chi connectivity index (χ2v) is 6.06. The zero-order chi connectivity index (χ0) is 11.6. The van der Waals surface area contributed by atoms with Crippen molar-refractivity contribution in [2.24, 2.45) is 5.41 Å². The van der Waals surface area contributed by atoms with Crippen molar-refractivity contribution in [3.63, 3.8) is 0 Å². The molecule has 1 aliphatic rings. The van der Waals surface area contributed by atoms with E-state index in [0.29, 0.717) is 11.5 Å². The summed E-state index contributed by atoms with van der Waals surface area (Å²) in [4.78, 5) is 0. The molecule has 0 unspecified atom stereocenters. The molecule has 1 fully saturated rings. The normalized spacial score (nSPS) is 16.9. The topological polar surface area (TPSA) is 9.23 Å². The third kappa shape index (κ3) is 3.26. The Kier molecular flexibility index (Phi) is 3.22. The Labute approximate surface area is 98.8 Å². The van der Waals surface area contributed by atoms with E-state index >= 15 is 0 Å². The zero-order valence-electron chi connectivity index (χ0n) is 10.6. The Balaban J connectivity index is 2.00. The van der Waals surface area contributed by atoms with Crippen molar-refractivity contribution >= 4 is 0 Å². The summed E-state index contributed by atoms with van der Waals surface area (Å²) in [5, 5.41) is 0. The average Bonchev–Trinajstić information content (AvgIpc) is 2.09. The fraction of sp³-hybridized carbons (Fsp3) is 0.600. The highest BCUT2D eigenvalue weighted by Crippen LogP contribution is 2.27. The van der Waals surface area contributed by atoms with Gasteiger partial charge in [-0.1, -0.05) is 32.9 Å². The Morgan fingerprint density at radius 3 is 2.56 bits per heavy atom. The van der Waals surface area contributed by atoms with E-state index in [1.54, 1.807) is 0 Å². The standard InChI is InChI=1S/C15H22O/c1-15(2,3)11-12-6-4-9-14(10-12)16-13-7-5-8-13/h4,6,9-10,13H,5,7-8,11H2,1-3H3. The van der Waals surface area contributed by atoms with Crippen LogP contribution in [0.5, 0.6) is 5.75 Å². The SMILES string of the molecule is CC(C)(C)Cc1cccc(OC2CCC2)c1. The molecule has 0 saturated heterocycles. The van der Waals surface area contributed by atoms with Gasteiger partial charge in [-0.3, -0.25) is 0 Å². The molecule has 0 radical (unpaired) electrons. The first-order valence-corrected chi connectivity index (χ1v) is 6.28. The molecule has 2 rings (SSSR count). The van der Waals surface area contributed by atoms with Gasteiger partial charge in [-0.05, 0) is 48.8 Å². The third-order valence-corrected chi connectivity index (χ3v) is 2.99. The van der Waals surface area contributed by atoms with Crippen molar-refractivity contribution in [3.05, 3.63) is 29.8 Å². The molecule has 0 N–H and O–H groups in total. The maximum Gasteiger partial charge on any atom is 0.119 e. The van der Waals surface area contributed by atoms with Crippen LogP contribution in [0.1, 0.15) is 45.6 Å². The van der Waals surface area contributed by atoms with Crippen molar-refractivity contribution in [1.29, 1.82) is 0 Å². The molecule has 0 aliphatic heterocycles. The lowest BCUT2D eigenvalue weighted by Crippen LogP contribution is -2.24. The van der Waals surface area contributed by atoms with E-state index in [0.717, 1.165) is 12.2 Å². The van der Waals surface area contributed by atoms with Crippen molar-refractivity contribution in [2.75, 3.05) is 0 Å². The van der Waals surface area contributed by atoms with E-state index in [-0.39, 0.29) is 0 Å². The van der Waals surface area contributed by atoms with Crippen LogP contribution in [0.15, 0.2) is 24.3 Å². The van der Waals surface area contributed by atoms with Crippen LogP contribution in [0.4, 0.5) is 0 Å². The van der Waals surface area contributed by atoms with Crippen LogP contribution in [0, 0.1) is 5.41 Å². The Morgan fingerprint density at radius 1 is 1.25 bits per heavy atom. The molecule has 1 aromatic rings. The van der Waals surface area contributed by atoms with Crippen LogP contribution in [0.3, 0.4) is 0 Å². The molecule has 88 valence electrons. The first-order chi connectivity index (χ1) is 7.53. The summed E-state index contributed by atoms with van der Waals surface area (Å²) >= 11 is 0. The second kappa shape index (κ2) is 4.48. The minimum atomic E-state index is 0.342. The predicted molar refractivity (Wildman–Crippen MR) is 67.9 cm³/mol. The summed E-state index contributed by atoms with van der Waals surface area (Å²) in [6.07, 6.45) is 5.36. The lowest BCUT2D eigenvalue weighted by molar-refractivity contribution is 0.120. The molecule has 0 bridgehead atoms. The number of benzene rings is 1. The minimum Gasteiger partial charge on any atom is -0.490 e. The number of hydrogen-bond donors (Lipinski definition) is 0. The van der Waals surface area contributed by atoms with Gasteiger partial charge in [-0.25, -0.2) is 0 Å². The number of rotatable bonds is 3. The number of ether oxygens (including phenoxy) is 1. The number of hydrogen-bond acceptors (Lipinski definition) is 1. The van der Waals surface area contributed by atoms with Crippen molar-refractivity contribution in [1.82, 2.24) is 0 Å². The summed E-state index contributed by atoms with van der Waals surface area (Å²) in [6.45, 7) is 6.81. The molecule has 0 heterocycles. The molecule has 1 saturated carbocycles. The van der Waals surface area contributed by atoms with Gasteiger partial charge in [0.2, 0.25) is 0 Å². The molecule has 16 heavy (non-hydrogen) atoms. The molecule has 0 amide bonds. The van der Waals surface area contributed by atoms with Crippen LogP contribution in [-0.4, -0.2) is 6.10 Å². The summed E-state index contributed by atoms with van der Waals surface area (Å²) < 4.78 is 5.91. The van der Waals surface area contributed by atoms with Gasteiger partial charge in [0.05, 0.1) is 6.10 Å². The second-order valence-electron chi connectivity index (χ2n) is 6.06. The quantitative estimate of drug-likeness (QED) is 0.738. The monoisotopic (exact) mass is 218 g/mol. The van der Waals surface area contributed by atoms with E-state index in [4.69, 9.17) is 4.74 Å². The molecule has 0 aromatic heterocycles. The van der Waals surface area contributed by atoms with Crippen LogP contribution < -0.4 is 4.74 Å². The largest absolute Gasteiger partial charge is 0.490 e. The molecule has 1 aromatic carbocycles. The van der Waals surface area contributed by atoms with Gasteiger partial charge in [0.15, 0.2) is 0 Å². The van der Waals surface area contributed by atoms with E-state index in [1.807, 2.05) is 0 Å². The van der Waals surface area contributed by atoms with Gasteiger partial charge >= 0.3 is 0 Å². The summed E-state index contributed by atoms with van der Waals surface area (Å²) in [6, 6.07) is 8.57. The fourth-order valence-corrected chi connectivity index (χ4v) is 2.02.